The zero-order valence-electron chi connectivity index (χ0n) is 14.2. The molecule has 0 N–H and O–H groups in total. The van der Waals surface area contributed by atoms with E-state index < -0.39 is 21.9 Å². The predicted octanol–water partition coefficient (Wildman–Crippen LogP) is 3.62. The van der Waals surface area contributed by atoms with Crippen molar-refractivity contribution in [3.63, 3.8) is 0 Å². The zero-order valence-corrected chi connectivity index (χ0v) is 15.7. The summed E-state index contributed by atoms with van der Waals surface area (Å²) in [6.07, 6.45) is 3.31. The number of aryl methyl sites for hydroxylation is 1. The Kier molecular flexibility index (Phi) is 5.13. The maximum atomic E-state index is 14.1. The van der Waals surface area contributed by atoms with E-state index in [1.54, 1.807) is 48.3 Å². The van der Waals surface area contributed by atoms with Crippen LogP contribution in [0, 0.1) is 5.82 Å². The molecule has 2 aromatic carbocycles. The van der Waals surface area contributed by atoms with Crippen LogP contribution in [0.4, 0.5) is 4.39 Å². The molecule has 136 valence electrons. The van der Waals surface area contributed by atoms with E-state index in [9.17, 15) is 12.8 Å². The van der Waals surface area contributed by atoms with Gasteiger partial charge in [0, 0.05) is 31.5 Å². The monoisotopic (exact) mass is 393 g/mol. The van der Waals surface area contributed by atoms with E-state index in [1.807, 2.05) is 0 Å². The van der Waals surface area contributed by atoms with E-state index >= 15 is 0 Å². The fourth-order valence-corrected chi connectivity index (χ4v) is 4.25. The van der Waals surface area contributed by atoms with Gasteiger partial charge in [-0.05, 0) is 29.8 Å². The van der Waals surface area contributed by atoms with Crippen LogP contribution in [0.25, 0.3) is 0 Å². The minimum absolute atomic E-state index is 0.379. The van der Waals surface area contributed by atoms with Crippen molar-refractivity contribution in [3.8, 4) is 0 Å². The number of sulfonamides is 1. The normalized spacial score (nSPS) is 13.1. The van der Waals surface area contributed by atoms with Crippen LogP contribution in [0.2, 0.25) is 5.02 Å². The van der Waals surface area contributed by atoms with Gasteiger partial charge in [0.1, 0.15) is 22.6 Å². The topological polar surface area (TPSA) is 55.2 Å². The lowest BCUT2D eigenvalue weighted by molar-refractivity contribution is 0.395. The van der Waals surface area contributed by atoms with E-state index in [4.69, 9.17) is 11.6 Å². The molecule has 8 heteroatoms. The van der Waals surface area contributed by atoms with Crippen LogP contribution in [-0.2, 0) is 17.1 Å². The Morgan fingerprint density at radius 1 is 1.15 bits per heavy atom. The highest BCUT2D eigenvalue weighted by molar-refractivity contribution is 7.89. The molecule has 0 bridgehead atoms. The first kappa shape index (κ1) is 18.6. The highest BCUT2D eigenvalue weighted by Gasteiger charge is 2.34. The van der Waals surface area contributed by atoms with Crippen molar-refractivity contribution in [2.45, 2.75) is 10.9 Å². The maximum Gasteiger partial charge on any atom is 0.246 e. The number of hydrogen-bond acceptors (Lipinski definition) is 3. The van der Waals surface area contributed by atoms with Gasteiger partial charge in [0.25, 0.3) is 0 Å². The van der Waals surface area contributed by atoms with E-state index in [0.717, 1.165) is 10.4 Å². The van der Waals surface area contributed by atoms with Gasteiger partial charge in [-0.2, -0.15) is 4.31 Å². The van der Waals surface area contributed by atoms with E-state index in [-0.39, 0.29) is 4.90 Å². The molecule has 5 nitrogen and oxygen atoms in total. The largest absolute Gasteiger partial charge is 0.336 e. The molecule has 3 rings (SSSR count). The maximum absolute atomic E-state index is 14.1. The van der Waals surface area contributed by atoms with Crippen LogP contribution < -0.4 is 0 Å². The third-order valence-electron chi connectivity index (χ3n) is 4.15. The van der Waals surface area contributed by atoms with Crippen molar-refractivity contribution in [1.29, 1.82) is 0 Å². The average Bonchev–Trinajstić information content (AvgIpc) is 3.03. The van der Waals surface area contributed by atoms with Gasteiger partial charge in [-0.1, -0.05) is 35.9 Å². The number of aromatic nitrogens is 2. The summed E-state index contributed by atoms with van der Waals surface area (Å²) in [6.45, 7) is 0. The van der Waals surface area contributed by atoms with E-state index in [2.05, 4.69) is 4.98 Å². The quantitative estimate of drug-likeness (QED) is 0.665. The number of halogens is 2. The lowest BCUT2D eigenvalue weighted by Crippen LogP contribution is -2.34. The fourth-order valence-electron chi connectivity index (χ4n) is 2.76. The number of rotatable bonds is 5. The van der Waals surface area contributed by atoms with Gasteiger partial charge in [-0.15, -0.1) is 0 Å². The Balaban J connectivity index is 2.14. The number of benzene rings is 2. The minimum atomic E-state index is -4.10. The van der Waals surface area contributed by atoms with Crippen molar-refractivity contribution >= 4 is 21.6 Å². The van der Waals surface area contributed by atoms with Crippen LogP contribution in [0.15, 0.2) is 65.8 Å². The SMILES string of the molecule is CN(C(c1ccc(Cl)cc1)c1nccn1C)S(=O)(=O)c1ccccc1F. The van der Waals surface area contributed by atoms with Crippen LogP contribution in [0.5, 0.6) is 0 Å². The second-order valence-electron chi connectivity index (χ2n) is 5.80. The number of nitrogens with zero attached hydrogens (tertiary/aromatic N) is 3. The molecule has 0 saturated carbocycles. The molecule has 1 atom stereocenters. The summed E-state index contributed by atoms with van der Waals surface area (Å²) < 4.78 is 43.1. The highest BCUT2D eigenvalue weighted by Crippen LogP contribution is 2.32. The van der Waals surface area contributed by atoms with Crippen molar-refractivity contribution in [1.82, 2.24) is 13.9 Å². The molecule has 0 spiro atoms. The third kappa shape index (κ3) is 3.38. The van der Waals surface area contributed by atoms with E-state index in [1.165, 1.54) is 25.2 Å². The Morgan fingerprint density at radius 3 is 2.38 bits per heavy atom. The van der Waals surface area contributed by atoms with Crippen LogP contribution in [0.1, 0.15) is 17.4 Å². The van der Waals surface area contributed by atoms with Gasteiger partial charge < -0.3 is 4.57 Å². The summed E-state index contributed by atoms with van der Waals surface area (Å²) in [5.41, 5.74) is 0.672. The van der Waals surface area contributed by atoms with Gasteiger partial charge in [0.15, 0.2) is 0 Å². The Morgan fingerprint density at radius 2 is 1.81 bits per heavy atom. The Labute approximate surface area is 156 Å². The highest BCUT2D eigenvalue weighted by atomic mass is 35.5. The van der Waals surface area contributed by atoms with Gasteiger partial charge in [0.05, 0.1) is 0 Å². The van der Waals surface area contributed by atoms with Crippen LogP contribution >= 0.6 is 11.6 Å². The third-order valence-corrected chi connectivity index (χ3v) is 6.25. The summed E-state index contributed by atoms with van der Waals surface area (Å²) in [7, 11) is -0.913. The van der Waals surface area contributed by atoms with Crippen molar-refractivity contribution in [2.75, 3.05) is 7.05 Å². The summed E-state index contributed by atoms with van der Waals surface area (Å²) in [6, 6.07) is 11.4. The molecule has 0 aliphatic heterocycles. The van der Waals surface area contributed by atoms with E-state index in [0.29, 0.717) is 16.4 Å². The lowest BCUT2D eigenvalue weighted by atomic mass is 10.1. The minimum Gasteiger partial charge on any atom is -0.336 e. The standard InChI is InChI=1S/C18H17ClFN3O2S/c1-22-12-11-21-18(22)17(13-7-9-14(19)10-8-13)23(2)26(24,25)16-6-4-3-5-15(16)20/h3-12,17H,1-2H3. The van der Waals surface area contributed by atoms with Crippen molar-refractivity contribution in [3.05, 3.63) is 83.2 Å². The predicted molar refractivity (Wildman–Crippen MR) is 97.9 cm³/mol. The van der Waals surface area contributed by atoms with Crippen LogP contribution in [-0.4, -0.2) is 29.3 Å². The zero-order chi connectivity index (χ0) is 18.9. The lowest BCUT2D eigenvalue weighted by Gasteiger charge is -2.27. The molecule has 26 heavy (non-hydrogen) atoms. The second kappa shape index (κ2) is 7.19. The molecule has 1 unspecified atom stereocenters. The molecule has 3 aromatic rings. The first-order valence-electron chi connectivity index (χ1n) is 7.77. The molecular weight excluding hydrogens is 377 g/mol. The molecule has 0 aliphatic carbocycles. The molecular formula is C18H17ClFN3O2S. The molecule has 0 radical (unpaired) electrons. The first-order chi connectivity index (χ1) is 12.3. The second-order valence-corrected chi connectivity index (χ2v) is 8.20. The van der Waals surface area contributed by atoms with Crippen molar-refractivity contribution < 1.29 is 12.8 Å². The fraction of sp³-hybridized carbons (Fsp3) is 0.167. The Bertz CT molecular complexity index is 1020. The number of imidazole rings is 1. The summed E-state index contributed by atoms with van der Waals surface area (Å²) in [5.74, 6) is -0.288. The molecule has 0 fully saturated rings. The summed E-state index contributed by atoms with van der Waals surface area (Å²) >= 11 is 5.96. The molecule has 0 amide bonds. The van der Waals surface area contributed by atoms with Gasteiger partial charge >= 0.3 is 0 Å². The summed E-state index contributed by atoms with van der Waals surface area (Å²) in [5, 5.41) is 0.534. The van der Waals surface area contributed by atoms with Gasteiger partial charge in [-0.3, -0.25) is 0 Å². The Hall–Kier alpha value is -2.22. The summed E-state index contributed by atoms with van der Waals surface area (Å²) in [4.78, 5) is 3.92. The molecule has 0 saturated heterocycles. The first-order valence-corrected chi connectivity index (χ1v) is 9.59. The molecule has 1 aromatic heterocycles. The van der Waals surface area contributed by atoms with Gasteiger partial charge in [-0.25, -0.2) is 17.8 Å². The van der Waals surface area contributed by atoms with Crippen molar-refractivity contribution in [2.24, 2.45) is 7.05 Å². The van der Waals surface area contributed by atoms with Gasteiger partial charge in [0.2, 0.25) is 10.0 Å². The average molecular weight is 394 g/mol. The molecule has 0 aliphatic rings. The van der Waals surface area contributed by atoms with Crippen LogP contribution in [0.3, 0.4) is 0 Å². The smallest absolute Gasteiger partial charge is 0.246 e. The number of hydrogen-bond donors (Lipinski definition) is 0. The molecule has 1 heterocycles.